The molecule has 3 aliphatic heterocycles. The van der Waals surface area contributed by atoms with Gasteiger partial charge in [-0.05, 0) is 0 Å². The summed E-state index contributed by atoms with van der Waals surface area (Å²) in [5.41, 5.74) is -16.0. The predicted octanol–water partition coefficient (Wildman–Crippen LogP) is 8.11. The molecule has 3 heterocycles. The molecule has 0 radical (unpaired) electrons. The molecule has 0 saturated carbocycles. The SMILES string of the molecule is CC(C)(C)C1COP23(OC1)OC(C(F)(F)F)(C(F)(F)F)C(c1ccccc1)=C2C(C(F)(F)F)(C(F)(F)F)O3. The Hall–Kier alpha value is -1.61. The molecule has 0 amide bonds. The van der Waals surface area contributed by atoms with Crippen LogP contribution in [0.4, 0.5) is 52.7 Å². The van der Waals surface area contributed by atoms with Gasteiger partial charge in [-0.3, -0.25) is 0 Å². The average molecular weight is 594 g/mol. The molecule has 4 rings (SSSR count). The first-order chi connectivity index (χ1) is 16.9. The molecule has 1 spiro atoms. The van der Waals surface area contributed by atoms with Gasteiger partial charge in [0.15, 0.2) is 0 Å². The first-order valence-corrected chi connectivity index (χ1v) is 12.6. The van der Waals surface area contributed by atoms with Gasteiger partial charge >= 0.3 is 206 Å². The summed E-state index contributed by atoms with van der Waals surface area (Å²) in [6.07, 6.45) is -26.5. The van der Waals surface area contributed by atoms with Crippen LogP contribution in [-0.4, -0.2) is 49.1 Å². The Bertz CT molecular complexity index is 1110. The van der Waals surface area contributed by atoms with Gasteiger partial charge < -0.3 is 0 Å². The van der Waals surface area contributed by atoms with E-state index in [4.69, 9.17) is 9.05 Å². The van der Waals surface area contributed by atoms with Gasteiger partial charge in [0.05, 0.1) is 0 Å². The van der Waals surface area contributed by atoms with Crippen LogP contribution in [-0.2, 0) is 18.1 Å². The van der Waals surface area contributed by atoms with Gasteiger partial charge in [-0.25, -0.2) is 0 Å². The van der Waals surface area contributed by atoms with Crippen LogP contribution in [0.5, 0.6) is 0 Å². The maximum absolute atomic E-state index is 14.5. The van der Waals surface area contributed by atoms with Gasteiger partial charge in [-0.15, -0.1) is 0 Å². The van der Waals surface area contributed by atoms with Crippen molar-refractivity contribution in [2.75, 3.05) is 13.2 Å². The van der Waals surface area contributed by atoms with Crippen molar-refractivity contribution >= 4 is 13.1 Å². The quantitative estimate of drug-likeness (QED) is 0.243. The Morgan fingerprint density at radius 1 is 0.658 bits per heavy atom. The zero-order valence-electron chi connectivity index (χ0n) is 19.5. The first kappa shape index (κ1) is 29.4. The van der Waals surface area contributed by atoms with Crippen molar-refractivity contribution in [3.63, 3.8) is 0 Å². The third kappa shape index (κ3) is 3.52. The molecule has 0 atom stereocenters. The van der Waals surface area contributed by atoms with Gasteiger partial charge in [-0.2, -0.15) is 0 Å². The third-order valence-corrected chi connectivity index (χ3v) is 10.4. The number of halogens is 12. The van der Waals surface area contributed by atoms with E-state index in [1.165, 1.54) is 20.8 Å². The molecule has 1 aromatic carbocycles. The van der Waals surface area contributed by atoms with Crippen molar-refractivity contribution in [1.29, 1.82) is 0 Å². The second kappa shape index (κ2) is 7.77. The summed E-state index contributed by atoms with van der Waals surface area (Å²) >= 11 is 0. The molecule has 4 nitrogen and oxygen atoms in total. The van der Waals surface area contributed by atoms with Crippen molar-refractivity contribution in [1.82, 2.24) is 0 Å². The normalized spacial score (nSPS) is 27.9. The molecule has 0 aromatic heterocycles. The number of benzene rings is 1. The Kier molecular flexibility index (Phi) is 6.01. The van der Waals surface area contributed by atoms with Crippen molar-refractivity contribution < 1.29 is 70.8 Å². The van der Waals surface area contributed by atoms with Crippen molar-refractivity contribution in [3.8, 4) is 0 Å². The summed E-state index contributed by atoms with van der Waals surface area (Å²) < 4.78 is 191. The fourth-order valence-electron chi connectivity index (χ4n) is 4.70. The standard InChI is InChI=1S/C21H19F12O4P/c1-15(2,3)12-9-34-38(35-10-12)14(17(37-38,20(28,29)30)21(31,32)33)13(11-7-5-4-6-8-11)16(36-38,18(22,23)24)19(25,26)27/h4-8,12H,9-10H2,1-3H3. The number of rotatable bonds is 1. The summed E-state index contributed by atoms with van der Waals surface area (Å²) in [6, 6.07) is 3.73. The van der Waals surface area contributed by atoms with Crippen LogP contribution in [0.1, 0.15) is 26.3 Å². The van der Waals surface area contributed by atoms with E-state index in [1.54, 1.807) is 0 Å². The van der Waals surface area contributed by atoms with Crippen LogP contribution >= 0.6 is 7.51 Å². The molecular formula is C21H19F12O4P. The first-order valence-electron chi connectivity index (χ1n) is 10.7. The molecule has 1 aromatic rings. The Morgan fingerprint density at radius 3 is 1.42 bits per heavy atom. The second-order valence-corrected chi connectivity index (χ2v) is 13.0. The molecule has 38 heavy (non-hydrogen) atoms. The molecule has 2 saturated heterocycles. The van der Waals surface area contributed by atoms with E-state index in [-0.39, 0.29) is 0 Å². The minimum atomic E-state index is -7.04. The van der Waals surface area contributed by atoms with E-state index >= 15 is 0 Å². The van der Waals surface area contributed by atoms with Crippen molar-refractivity contribution in [2.24, 2.45) is 11.3 Å². The Balaban J connectivity index is 2.19. The van der Waals surface area contributed by atoms with Crippen molar-refractivity contribution in [3.05, 3.63) is 41.2 Å². The van der Waals surface area contributed by atoms with Gasteiger partial charge in [0.1, 0.15) is 0 Å². The van der Waals surface area contributed by atoms with Gasteiger partial charge in [0.2, 0.25) is 0 Å². The third-order valence-electron chi connectivity index (χ3n) is 6.76. The summed E-state index contributed by atoms with van der Waals surface area (Å²) in [7, 11) is -7.04. The van der Waals surface area contributed by atoms with Crippen LogP contribution in [0.3, 0.4) is 0 Å². The van der Waals surface area contributed by atoms with Crippen LogP contribution in [0.2, 0.25) is 0 Å². The van der Waals surface area contributed by atoms with E-state index in [0.717, 1.165) is 18.2 Å². The topological polar surface area (TPSA) is 36.9 Å². The van der Waals surface area contributed by atoms with Crippen LogP contribution in [0, 0.1) is 11.3 Å². The van der Waals surface area contributed by atoms with Crippen molar-refractivity contribution in [2.45, 2.75) is 56.7 Å². The molecule has 0 bridgehead atoms. The Morgan fingerprint density at radius 2 is 1.05 bits per heavy atom. The van der Waals surface area contributed by atoms with E-state index in [2.05, 4.69) is 9.05 Å². The van der Waals surface area contributed by atoms with Crippen LogP contribution < -0.4 is 0 Å². The van der Waals surface area contributed by atoms with E-state index in [0.29, 0.717) is 12.1 Å². The number of alkyl halides is 12. The van der Waals surface area contributed by atoms with Crippen LogP contribution in [0.25, 0.3) is 5.57 Å². The second-order valence-electron chi connectivity index (χ2n) is 10.1. The summed E-state index contributed by atoms with van der Waals surface area (Å²) in [4.78, 5) is 0. The van der Waals surface area contributed by atoms with E-state index in [9.17, 15) is 52.7 Å². The fraction of sp³-hybridized carbons (Fsp3) is 0.619. The average Bonchev–Trinajstić information content (AvgIpc) is 2.91. The summed E-state index contributed by atoms with van der Waals surface area (Å²) in [5.74, 6) is -0.875. The molecule has 2 fully saturated rings. The molecule has 3 aliphatic rings. The minimum absolute atomic E-state index is 0.494. The molecule has 17 heteroatoms. The predicted molar refractivity (Wildman–Crippen MR) is 107 cm³/mol. The zero-order chi connectivity index (χ0) is 29.0. The molecule has 0 unspecified atom stereocenters. The molecular weight excluding hydrogens is 575 g/mol. The monoisotopic (exact) mass is 594 g/mol. The molecule has 0 aliphatic carbocycles. The van der Waals surface area contributed by atoms with Crippen LogP contribution in [0.15, 0.2) is 35.6 Å². The van der Waals surface area contributed by atoms with Gasteiger partial charge in [-0.1, -0.05) is 0 Å². The fourth-order valence-corrected chi connectivity index (χ4v) is 9.21. The van der Waals surface area contributed by atoms with E-state index in [1.807, 2.05) is 0 Å². The Labute approximate surface area is 207 Å². The molecule has 216 valence electrons. The zero-order valence-corrected chi connectivity index (χ0v) is 20.4. The van der Waals surface area contributed by atoms with Gasteiger partial charge in [0, 0.05) is 0 Å². The van der Waals surface area contributed by atoms with E-state index < -0.39 is 84.4 Å². The summed E-state index contributed by atoms with van der Waals surface area (Å²) in [6.45, 7) is 2.79. The maximum atomic E-state index is 14.5. The van der Waals surface area contributed by atoms with Gasteiger partial charge in [0.25, 0.3) is 0 Å². The molecule has 0 N–H and O–H groups in total. The number of hydrogen-bond donors (Lipinski definition) is 0. The number of hydrogen-bond acceptors (Lipinski definition) is 4. The summed E-state index contributed by atoms with van der Waals surface area (Å²) in [5, 5.41) is -2.54.